The van der Waals surface area contributed by atoms with Crippen LogP contribution in [0.25, 0.3) is 10.9 Å². The van der Waals surface area contributed by atoms with E-state index in [9.17, 15) is 19.7 Å². The fourth-order valence-corrected chi connectivity index (χ4v) is 4.34. The van der Waals surface area contributed by atoms with Crippen molar-refractivity contribution in [2.45, 2.75) is 38.0 Å². The normalized spacial score (nSPS) is 14.5. The number of rotatable bonds is 7. The molecule has 1 N–H and O–H groups in total. The maximum atomic E-state index is 13.3. The van der Waals surface area contributed by atoms with Gasteiger partial charge in [0.05, 0.1) is 22.0 Å². The lowest BCUT2D eigenvalue weighted by atomic mass is 9.88. The number of carboxylic acid groups (broad SMARTS) is 1. The second kappa shape index (κ2) is 10.0. The lowest BCUT2D eigenvalue weighted by Crippen LogP contribution is -2.25. The molecule has 3 aromatic rings. The highest BCUT2D eigenvalue weighted by molar-refractivity contribution is 6.31. The second-order valence-electron chi connectivity index (χ2n) is 7.97. The van der Waals surface area contributed by atoms with Gasteiger partial charge in [-0.05, 0) is 31.0 Å². The zero-order chi connectivity index (χ0) is 24.2. The third-order valence-electron chi connectivity index (χ3n) is 5.66. The number of fused-ring (bicyclic) bond motifs is 1. The van der Waals surface area contributed by atoms with E-state index in [0.29, 0.717) is 16.7 Å². The van der Waals surface area contributed by atoms with Crippen LogP contribution in [0.4, 0.5) is 5.69 Å². The van der Waals surface area contributed by atoms with E-state index in [1.54, 1.807) is 18.2 Å². The lowest BCUT2D eigenvalue weighted by Gasteiger charge is -2.22. The molecule has 11 heteroatoms. The van der Waals surface area contributed by atoms with Crippen molar-refractivity contribution in [3.8, 4) is 5.75 Å². The number of hydrogen-bond donors (Lipinski definition) is 1. The monoisotopic (exact) mass is 484 g/mol. The molecule has 0 atom stereocenters. The summed E-state index contributed by atoms with van der Waals surface area (Å²) in [5.41, 5.74) is -0.239. The van der Waals surface area contributed by atoms with Crippen molar-refractivity contribution in [1.82, 2.24) is 9.66 Å². The zero-order valence-electron chi connectivity index (χ0n) is 18.0. The molecule has 0 radical (unpaired) electrons. The summed E-state index contributed by atoms with van der Waals surface area (Å²) in [6.07, 6.45) is 6.11. The van der Waals surface area contributed by atoms with Gasteiger partial charge in [-0.25, -0.2) is 9.78 Å². The average Bonchev–Trinajstić information content (AvgIpc) is 2.82. The van der Waals surface area contributed by atoms with Crippen molar-refractivity contribution in [3.63, 3.8) is 0 Å². The minimum Gasteiger partial charge on any atom is -0.479 e. The Morgan fingerprint density at radius 1 is 1.29 bits per heavy atom. The van der Waals surface area contributed by atoms with Gasteiger partial charge in [-0.1, -0.05) is 43.0 Å². The van der Waals surface area contributed by atoms with Gasteiger partial charge in [0.25, 0.3) is 5.56 Å². The minimum atomic E-state index is -1.30. The maximum Gasteiger partial charge on any atom is 0.341 e. The molecule has 0 aliphatic heterocycles. The molecule has 176 valence electrons. The van der Waals surface area contributed by atoms with E-state index >= 15 is 0 Å². The van der Waals surface area contributed by atoms with Crippen LogP contribution in [0, 0.1) is 10.1 Å². The number of nitro benzene ring substituents is 1. The first-order valence-corrected chi connectivity index (χ1v) is 11.1. The van der Waals surface area contributed by atoms with Crippen LogP contribution >= 0.6 is 11.6 Å². The molecule has 4 rings (SSSR count). The number of nitrogens with zero attached hydrogens (tertiary/aromatic N) is 4. The summed E-state index contributed by atoms with van der Waals surface area (Å²) in [5, 5.41) is 25.2. The van der Waals surface area contributed by atoms with Crippen LogP contribution in [0.2, 0.25) is 5.02 Å². The summed E-state index contributed by atoms with van der Waals surface area (Å²) in [6.45, 7) is -0.798. The fraction of sp³-hybridized carbons (Fsp3) is 0.304. The first-order chi connectivity index (χ1) is 16.3. The first kappa shape index (κ1) is 23.4. The van der Waals surface area contributed by atoms with Crippen LogP contribution in [0.15, 0.2) is 46.3 Å². The minimum absolute atomic E-state index is 0.0345. The van der Waals surface area contributed by atoms with Crippen molar-refractivity contribution in [2.75, 3.05) is 6.61 Å². The zero-order valence-corrected chi connectivity index (χ0v) is 18.8. The van der Waals surface area contributed by atoms with Crippen molar-refractivity contribution in [2.24, 2.45) is 5.10 Å². The van der Waals surface area contributed by atoms with Crippen molar-refractivity contribution < 1.29 is 19.6 Å². The summed E-state index contributed by atoms with van der Waals surface area (Å²) in [4.78, 5) is 39.8. The molecule has 0 spiro atoms. The Morgan fingerprint density at radius 3 is 2.74 bits per heavy atom. The van der Waals surface area contributed by atoms with Gasteiger partial charge in [-0.15, -0.1) is 0 Å². The van der Waals surface area contributed by atoms with E-state index in [-0.39, 0.29) is 27.8 Å². The van der Waals surface area contributed by atoms with Crippen LogP contribution in [-0.4, -0.2) is 38.5 Å². The van der Waals surface area contributed by atoms with Crippen molar-refractivity contribution in [3.05, 3.63) is 73.3 Å². The number of carboxylic acids is 1. The number of benzene rings is 2. The molecule has 2 aromatic carbocycles. The molecule has 1 aromatic heterocycles. The Kier molecular flexibility index (Phi) is 6.87. The number of aliphatic carboxylic acids is 1. The van der Waals surface area contributed by atoms with E-state index < -0.39 is 23.2 Å². The molecule has 34 heavy (non-hydrogen) atoms. The number of carbonyl (C=O) groups is 1. The third kappa shape index (κ3) is 4.91. The quantitative estimate of drug-likeness (QED) is 0.299. The molecule has 0 unspecified atom stereocenters. The summed E-state index contributed by atoms with van der Waals surface area (Å²) in [7, 11) is 0. The summed E-state index contributed by atoms with van der Waals surface area (Å²) in [6, 6.07) is 9.40. The van der Waals surface area contributed by atoms with Gasteiger partial charge < -0.3 is 9.84 Å². The lowest BCUT2D eigenvalue weighted by molar-refractivity contribution is -0.385. The number of para-hydroxylation sites is 1. The molecule has 1 aliphatic carbocycles. The van der Waals surface area contributed by atoms with Crippen LogP contribution in [-0.2, 0) is 4.79 Å². The second-order valence-corrected chi connectivity index (χ2v) is 8.40. The molecular formula is C23H21ClN4O6. The van der Waals surface area contributed by atoms with E-state index in [0.717, 1.165) is 38.2 Å². The van der Waals surface area contributed by atoms with Crippen molar-refractivity contribution >= 4 is 40.4 Å². The van der Waals surface area contributed by atoms with Gasteiger partial charge in [0.2, 0.25) is 5.75 Å². The summed E-state index contributed by atoms with van der Waals surface area (Å²) < 4.78 is 6.40. The number of ether oxygens (including phenoxy) is 1. The smallest absolute Gasteiger partial charge is 0.341 e. The van der Waals surface area contributed by atoms with Gasteiger partial charge in [-0.2, -0.15) is 9.78 Å². The third-order valence-corrected chi connectivity index (χ3v) is 5.88. The summed E-state index contributed by atoms with van der Waals surface area (Å²) in [5.74, 6) is -1.05. The van der Waals surface area contributed by atoms with E-state index in [4.69, 9.17) is 26.4 Å². The molecule has 0 amide bonds. The molecule has 0 saturated heterocycles. The fourth-order valence-electron chi connectivity index (χ4n) is 4.12. The van der Waals surface area contributed by atoms with Gasteiger partial charge >= 0.3 is 11.7 Å². The van der Waals surface area contributed by atoms with Crippen LogP contribution in [0.5, 0.6) is 5.75 Å². The van der Waals surface area contributed by atoms with E-state index in [1.165, 1.54) is 17.0 Å². The average molecular weight is 485 g/mol. The number of halogens is 1. The van der Waals surface area contributed by atoms with E-state index in [2.05, 4.69) is 5.10 Å². The topological polar surface area (TPSA) is 137 Å². The van der Waals surface area contributed by atoms with Gasteiger partial charge in [-0.3, -0.25) is 14.9 Å². The van der Waals surface area contributed by atoms with Crippen LogP contribution < -0.4 is 10.3 Å². The van der Waals surface area contributed by atoms with Gasteiger partial charge in [0, 0.05) is 22.6 Å². The molecular weight excluding hydrogens is 464 g/mol. The van der Waals surface area contributed by atoms with Gasteiger partial charge in [0.15, 0.2) is 6.61 Å². The number of hydrogen-bond acceptors (Lipinski definition) is 7. The Bertz CT molecular complexity index is 1350. The van der Waals surface area contributed by atoms with Crippen LogP contribution in [0.3, 0.4) is 0 Å². The Morgan fingerprint density at radius 2 is 2.03 bits per heavy atom. The highest BCUT2D eigenvalue weighted by Crippen LogP contribution is 2.34. The first-order valence-electron chi connectivity index (χ1n) is 10.7. The standard InChI is InChI=1S/C23H21ClN4O6/c24-16-10-15(21(34-13-20(29)30)19(11-16)28(32)33)12-25-27-22(14-6-2-1-3-7-14)26-18-9-5-4-8-17(18)23(27)31/h4-5,8-12,14H,1-3,6-7,13H2,(H,29,30). The van der Waals surface area contributed by atoms with Crippen molar-refractivity contribution in [1.29, 1.82) is 0 Å². The van der Waals surface area contributed by atoms with E-state index in [1.807, 2.05) is 6.07 Å². The Balaban J connectivity index is 1.86. The molecule has 1 aliphatic rings. The Labute approximate surface area is 198 Å². The predicted molar refractivity (Wildman–Crippen MR) is 126 cm³/mol. The molecule has 1 heterocycles. The number of nitro groups is 1. The maximum absolute atomic E-state index is 13.3. The van der Waals surface area contributed by atoms with Crippen LogP contribution in [0.1, 0.15) is 49.4 Å². The molecule has 0 bridgehead atoms. The largest absolute Gasteiger partial charge is 0.479 e. The molecule has 10 nitrogen and oxygen atoms in total. The highest BCUT2D eigenvalue weighted by atomic mass is 35.5. The molecule has 1 fully saturated rings. The number of aromatic nitrogens is 2. The van der Waals surface area contributed by atoms with Gasteiger partial charge in [0.1, 0.15) is 5.82 Å². The summed E-state index contributed by atoms with van der Waals surface area (Å²) >= 11 is 6.05. The molecule has 1 saturated carbocycles. The SMILES string of the molecule is O=C(O)COc1c(C=Nn2c(C3CCCCC3)nc3ccccc3c2=O)cc(Cl)cc1[N+](=O)[O-]. The predicted octanol–water partition coefficient (Wildman–Crippen LogP) is 4.35. The Hall–Kier alpha value is -3.79. The highest BCUT2D eigenvalue weighted by Gasteiger charge is 2.24.